The molecule has 0 saturated heterocycles. The molecular weight excluding hydrogens is 240 g/mol. The zero-order valence-corrected chi connectivity index (χ0v) is 10.9. The van der Waals surface area contributed by atoms with Crippen molar-refractivity contribution >= 4 is 11.6 Å². The number of benzene rings is 1. The van der Waals surface area contributed by atoms with Crippen LogP contribution in [0.25, 0.3) is 0 Å². The maximum Gasteiger partial charge on any atom is 0.274 e. The van der Waals surface area contributed by atoms with E-state index < -0.39 is 6.10 Å². The van der Waals surface area contributed by atoms with E-state index in [9.17, 15) is 9.90 Å². The van der Waals surface area contributed by atoms with E-state index in [1.807, 2.05) is 19.1 Å². The summed E-state index contributed by atoms with van der Waals surface area (Å²) in [6.45, 7) is 3.53. The molecular formula is C15H16N2O2. The highest BCUT2D eigenvalue weighted by Gasteiger charge is 2.10. The summed E-state index contributed by atoms with van der Waals surface area (Å²) in [4.78, 5) is 16.2. The van der Waals surface area contributed by atoms with Gasteiger partial charge in [0.2, 0.25) is 0 Å². The van der Waals surface area contributed by atoms with Crippen LogP contribution in [0.15, 0.2) is 42.6 Å². The molecule has 1 aromatic carbocycles. The molecule has 2 aromatic rings. The van der Waals surface area contributed by atoms with E-state index in [1.54, 1.807) is 37.4 Å². The zero-order valence-electron chi connectivity index (χ0n) is 10.9. The fourth-order valence-corrected chi connectivity index (χ4v) is 1.79. The van der Waals surface area contributed by atoms with Crippen molar-refractivity contribution in [3.63, 3.8) is 0 Å². The molecule has 2 N–H and O–H groups in total. The maximum absolute atomic E-state index is 12.1. The first-order valence-electron chi connectivity index (χ1n) is 6.09. The van der Waals surface area contributed by atoms with Crippen molar-refractivity contribution in [1.82, 2.24) is 4.98 Å². The monoisotopic (exact) mass is 256 g/mol. The minimum absolute atomic E-state index is 0.249. The molecule has 0 aliphatic heterocycles. The molecule has 1 amide bonds. The lowest BCUT2D eigenvalue weighted by Gasteiger charge is -2.09. The summed E-state index contributed by atoms with van der Waals surface area (Å²) in [7, 11) is 0. The highest BCUT2D eigenvalue weighted by molar-refractivity contribution is 6.03. The number of hydrogen-bond acceptors (Lipinski definition) is 3. The van der Waals surface area contributed by atoms with Crippen LogP contribution in [0.2, 0.25) is 0 Å². The van der Waals surface area contributed by atoms with Gasteiger partial charge in [0.05, 0.1) is 6.10 Å². The summed E-state index contributed by atoms with van der Waals surface area (Å²) in [6, 6.07) is 10.8. The summed E-state index contributed by atoms with van der Waals surface area (Å²) in [5.41, 5.74) is 2.64. The van der Waals surface area contributed by atoms with E-state index in [0.29, 0.717) is 11.4 Å². The standard InChI is InChI=1S/C15H16N2O2/c1-10-5-4-8-16-14(10)15(19)17-13-7-3-6-12(9-13)11(2)18/h3-9,11,18H,1-2H3,(H,17,19). The Morgan fingerprint density at radius 1 is 1.32 bits per heavy atom. The van der Waals surface area contributed by atoms with E-state index >= 15 is 0 Å². The Hall–Kier alpha value is -2.20. The predicted octanol–water partition coefficient (Wildman–Crippen LogP) is 2.70. The third-order valence-electron chi connectivity index (χ3n) is 2.85. The van der Waals surface area contributed by atoms with Crippen LogP contribution in [0, 0.1) is 6.92 Å². The van der Waals surface area contributed by atoms with Crippen molar-refractivity contribution in [2.45, 2.75) is 20.0 Å². The van der Waals surface area contributed by atoms with E-state index in [4.69, 9.17) is 0 Å². The topological polar surface area (TPSA) is 62.2 Å². The zero-order chi connectivity index (χ0) is 13.8. The van der Waals surface area contributed by atoms with E-state index in [2.05, 4.69) is 10.3 Å². The van der Waals surface area contributed by atoms with Gasteiger partial charge >= 0.3 is 0 Å². The molecule has 1 unspecified atom stereocenters. The van der Waals surface area contributed by atoms with Crippen LogP contribution in [-0.2, 0) is 0 Å². The van der Waals surface area contributed by atoms with E-state index in [1.165, 1.54) is 0 Å². The maximum atomic E-state index is 12.1. The number of aliphatic hydroxyl groups excluding tert-OH is 1. The van der Waals surface area contributed by atoms with Gasteiger partial charge in [-0.25, -0.2) is 0 Å². The van der Waals surface area contributed by atoms with E-state index in [0.717, 1.165) is 11.1 Å². The fourth-order valence-electron chi connectivity index (χ4n) is 1.79. The molecule has 0 fully saturated rings. The van der Waals surface area contributed by atoms with Crippen molar-refractivity contribution in [2.24, 2.45) is 0 Å². The Morgan fingerprint density at radius 2 is 2.11 bits per heavy atom. The average molecular weight is 256 g/mol. The Labute approximate surface area is 112 Å². The highest BCUT2D eigenvalue weighted by Crippen LogP contribution is 2.17. The Balaban J connectivity index is 2.20. The lowest BCUT2D eigenvalue weighted by atomic mass is 10.1. The van der Waals surface area contributed by atoms with Crippen molar-refractivity contribution < 1.29 is 9.90 Å². The van der Waals surface area contributed by atoms with Gasteiger partial charge in [0.15, 0.2) is 0 Å². The van der Waals surface area contributed by atoms with Crippen molar-refractivity contribution in [3.05, 3.63) is 59.4 Å². The molecule has 4 heteroatoms. The number of aromatic nitrogens is 1. The quantitative estimate of drug-likeness (QED) is 0.887. The predicted molar refractivity (Wildman–Crippen MR) is 74.0 cm³/mol. The summed E-state index contributed by atoms with van der Waals surface area (Å²) in [5, 5.41) is 12.3. The van der Waals surface area contributed by atoms with Gasteiger partial charge in [-0.1, -0.05) is 18.2 Å². The third kappa shape index (κ3) is 3.17. The van der Waals surface area contributed by atoms with Gasteiger partial charge in [-0.3, -0.25) is 9.78 Å². The van der Waals surface area contributed by atoms with Gasteiger partial charge in [-0.2, -0.15) is 0 Å². The van der Waals surface area contributed by atoms with Crippen LogP contribution in [0.1, 0.15) is 34.6 Å². The highest BCUT2D eigenvalue weighted by atomic mass is 16.3. The van der Waals surface area contributed by atoms with Gasteiger partial charge in [0.25, 0.3) is 5.91 Å². The first-order chi connectivity index (χ1) is 9.08. The van der Waals surface area contributed by atoms with E-state index in [-0.39, 0.29) is 5.91 Å². The second-order valence-corrected chi connectivity index (χ2v) is 4.42. The summed E-state index contributed by atoms with van der Waals surface area (Å²) >= 11 is 0. The molecule has 1 aromatic heterocycles. The number of hydrogen-bond donors (Lipinski definition) is 2. The fraction of sp³-hybridized carbons (Fsp3) is 0.200. The van der Waals surface area contributed by atoms with Crippen LogP contribution in [-0.4, -0.2) is 16.0 Å². The van der Waals surface area contributed by atoms with Crippen LogP contribution >= 0.6 is 0 Å². The number of rotatable bonds is 3. The second-order valence-electron chi connectivity index (χ2n) is 4.42. The first-order valence-corrected chi connectivity index (χ1v) is 6.09. The first kappa shape index (κ1) is 13.2. The van der Waals surface area contributed by atoms with Crippen LogP contribution in [0.5, 0.6) is 0 Å². The van der Waals surface area contributed by atoms with Crippen molar-refractivity contribution in [3.8, 4) is 0 Å². The average Bonchev–Trinajstić information content (AvgIpc) is 2.39. The Kier molecular flexibility index (Phi) is 3.92. The molecule has 0 bridgehead atoms. The molecule has 0 spiro atoms. The Bertz CT molecular complexity index is 594. The number of aryl methyl sites for hydroxylation is 1. The molecule has 4 nitrogen and oxygen atoms in total. The van der Waals surface area contributed by atoms with Crippen LogP contribution < -0.4 is 5.32 Å². The number of aliphatic hydroxyl groups is 1. The molecule has 2 rings (SSSR count). The van der Waals surface area contributed by atoms with Crippen molar-refractivity contribution in [1.29, 1.82) is 0 Å². The minimum atomic E-state index is -0.562. The van der Waals surface area contributed by atoms with Crippen LogP contribution in [0.3, 0.4) is 0 Å². The molecule has 1 atom stereocenters. The summed E-state index contributed by atoms with van der Waals surface area (Å²) in [5.74, 6) is -0.249. The number of carbonyl (C=O) groups excluding carboxylic acids is 1. The lowest BCUT2D eigenvalue weighted by Crippen LogP contribution is -2.15. The number of nitrogens with one attached hydrogen (secondary N) is 1. The number of nitrogens with zero attached hydrogens (tertiary/aromatic N) is 1. The number of carbonyl (C=O) groups is 1. The smallest absolute Gasteiger partial charge is 0.274 e. The van der Waals surface area contributed by atoms with Gasteiger partial charge in [-0.15, -0.1) is 0 Å². The molecule has 19 heavy (non-hydrogen) atoms. The van der Waals surface area contributed by atoms with Crippen molar-refractivity contribution in [2.75, 3.05) is 5.32 Å². The largest absolute Gasteiger partial charge is 0.389 e. The molecule has 0 aliphatic rings. The molecule has 0 aliphatic carbocycles. The normalized spacial score (nSPS) is 11.9. The minimum Gasteiger partial charge on any atom is -0.389 e. The van der Waals surface area contributed by atoms with Gasteiger partial charge in [-0.05, 0) is 43.2 Å². The SMILES string of the molecule is Cc1cccnc1C(=O)Nc1cccc(C(C)O)c1. The number of pyridine rings is 1. The van der Waals surface area contributed by atoms with Crippen LogP contribution in [0.4, 0.5) is 5.69 Å². The molecule has 1 heterocycles. The molecule has 0 radical (unpaired) electrons. The second kappa shape index (κ2) is 5.63. The third-order valence-corrected chi connectivity index (χ3v) is 2.85. The summed E-state index contributed by atoms with van der Waals surface area (Å²) < 4.78 is 0. The number of anilines is 1. The summed E-state index contributed by atoms with van der Waals surface area (Å²) in [6.07, 6.45) is 1.03. The lowest BCUT2D eigenvalue weighted by molar-refractivity contribution is 0.102. The molecule has 98 valence electrons. The molecule has 0 saturated carbocycles. The number of amides is 1. The van der Waals surface area contributed by atoms with Gasteiger partial charge in [0, 0.05) is 11.9 Å². The van der Waals surface area contributed by atoms with Gasteiger partial charge < -0.3 is 10.4 Å². The Morgan fingerprint density at radius 3 is 2.79 bits per heavy atom. The van der Waals surface area contributed by atoms with Gasteiger partial charge in [0.1, 0.15) is 5.69 Å².